The normalized spacial score (nSPS) is 13.9. The number of aromatic nitrogens is 2. The molecule has 0 amide bonds. The fourth-order valence-electron chi connectivity index (χ4n) is 1.65. The largest absolute Gasteiger partial charge is 0.374 e. The highest BCUT2D eigenvalue weighted by atomic mass is 35.5. The Kier molecular flexibility index (Phi) is 5.16. The summed E-state index contributed by atoms with van der Waals surface area (Å²) in [7, 11) is 1.88. The number of hydrogen-bond donors (Lipinski definition) is 2. The van der Waals surface area contributed by atoms with Crippen LogP contribution in [0.1, 0.15) is 32.2 Å². The number of halogens is 1. The van der Waals surface area contributed by atoms with Gasteiger partial charge in [0.1, 0.15) is 0 Å². The van der Waals surface area contributed by atoms with Crippen molar-refractivity contribution in [3.8, 4) is 0 Å². The third-order valence-corrected chi connectivity index (χ3v) is 3.15. The maximum atomic E-state index is 6.21. The van der Waals surface area contributed by atoms with Gasteiger partial charge in [0.15, 0.2) is 0 Å². The van der Waals surface area contributed by atoms with Crippen LogP contribution >= 0.6 is 11.6 Å². The van der Waals surface area contributed by atoms with Crippen molar-refractivity contribution in [1.29, 1.82) is 0 Å². The molecule has 0 radical (unpaired) electrons. The first-order valence-electron chi connectivity index (χ1n) is 6.02. The fourth-order valence-corrected chi connectivity index (χ4v) is 1.89. The molecule has 5 nitrogen and oxygen atoms in total. The lowest BCUT2D eigenvalue weighted by atomic mass is 10.1. The van der Waals surface area contributed by atoms with Crippen LogP contribution in [0.15, 0.2) is 0 Å². The zero-order valence-electron chi connectivity index (χ0n) is 11.7. The summed E-state index contributed by atoms with van der Waals surface area (Å²) in [4.78, 5) is 0. The first-order chi connectivity index (χ1) is 8.24. The molecule has 0 aliphatic carbocycles. The van der Waals surface area contributed by atoms with E-state index >= 15 is 0 Å². The molecule has 3 N–H and O–H groups in total. The number of ether oxygens (including phenoxy) is 1. The number of aryl methyl sites for hydroxylation is 2. The summed E-state index contributed by atoms with van der Waals surface area (Å²) in [6.45, 7) is 8.47. The standard InChI is InChI=1S/C12H23ClN4O/c1-8-11(13)10(17(5)16-8)6-9(15-14)7-18-12(2,3)4/h9,15H,6-7,14H2,1-5H3. The van der Waals surface area contributed by atoms with Gasteiger partial charge < -0.3 is 4.74 Å². The Balaban J connectivity index is 2.68. The molecule has 104 valence electrons. The van der Waals surface area contributed by atoms with Crippen LogP contribution in [0, 0.1) is 6.92 Å². The van der Waals surface area contributed by atoms with E-state index in [2.05, 4.69) is 10.5 Å². The topological polar surface area (TPSA) is 65.1 Å². The molecule has 0 aliphatic heterocycles. The molecule has 1 atom stereocenters. The van der Waals surface area contributed by atoms with E-state index in [-0.39, 0.29) is 11.6 Å². The molecule has 0 fully saturated rings. The Bertz CT molecular complexity index is 398. The monoisotopic (exact) mass is 274 g/mol. The molecule has 1 rings (SSSR count). The molecule has 1 aromatic rings. The second-order valence-corrected chi connectivity index (χ2v) is 5.84. The average molecular weight is 275 g/mol. The van der Waals surface area contributed by atoms with Gasteiger partial charge in [-0.1, -0.05) is 11.6 Å². The van der Waals surface area contributed by atoms with Gasteiger partial charge >= 0.3 is 0 Å². The van der Waals surface area contributed by atoms with Crippen LogP contribution in [0.4, 0.5) is 0 Å². The third kappa shape index (κ3) is 4.24. The summed E-state index contributed by atoms with van der Waals surface area (Å²) >= 11 is 6.21. The van der Waals surface area contributed by atoms with E-state index in [0.29, 0.717) is 18.1 Å². The maximum absolute atomic E-state index is 6.21. The minimum absolute atomic E-state index is 0.0107. The molecule has 1 unspecified atom stereocenters. The summed E-state index contributed by atoms with van der Waals surface area (Å²) in [5.41, 5.74) is 4.38. The van der Waals surface area contributed by atoms with Gasteiger partial charge in [-0.15, -0.1) is 0 Å². The smallest absolute Gasteiger partial charge is 0.0847 e. The highest BCUT2D eigenvalue weighted by Crippen LogP contribution is 2.21. The molecule has 1 heterocycles. The SMILES string of the molecule is Cc1nn(C)c(CC(COC(C)(C)C)NN)c1Cl. The Morgan fingerprint density at radius 1 is 1.50 bits per heavy atom. The van der Waals surface area contributed by atoms with Gasteiger partial charge in [-0.25, -0.2) is 0 Å². The van der Waals surface area contributed by atoms with Crippen LogP contribution in [-0.4, -0.2) is 28.0 Å². The van der Waals surface area contributed by atoms with E-state index in [4.69, 9.17) is 22.2 Å². The van der Waals surface area contributed by atoms with Crippen molar-refractivity contribution in [1.82, 2.24) is 15.2 Å². The zero-order valence-corrected chi connectivity index (χ0v) is 12.5. The minimum atomic E-state index is -0.179. The van der Waals surface area contributed by atoms with E-state index in [1.165, 1.54) is 0 Å². The van der Waals surface area contributed by atoms with Crippen LogP contribution in [0.2, 0.25) is 5.02 Å². The van der Waals surface area contributed by atoms with E-state index in [0.717, 1.165) is 11.4 Å². The highest BCUT2D eigenvalue weighted by molar-refractivity contribution is 6.31. The van der Waals surface area contributed by atoms with E-state index in [9.17, 15) is 0 Å². The Morgan fingerprint density at radius 3 is 2.50 bits per heavy atom. The lowest BCUT2D eigenvalue weighted by Gasteiger charge is -2.24. The molecule has 0 bridgehead atoms. The van der Waals surface area contributed by atoms with E-state index in [1.807, 2.05) is 34.7 Å². The van der Waals surface area contributed by atoms with Crippen molar-refractivity contribution in [3.05, 3.63) is 16.4 Å². The van der Waals surface area contributed by atoms with Crippen molar-refractivity contribution in [2.45, 2.75) is 45.8 Å². The number of nitrogens with one attached hydrogen (secondary N) is 1. The molecule has 0 saturated carbocycles. The van der Waals surface area contributed by atoms with Gasteiger partial charge in [-0.3, -0.25) is 16.0 Å². The Labute approximate surface area is 114 Å². The molecule has 18 heavy (non-hydrogen) atoms. The number of nitrogens with zero attached hydrogens (tertiary/aromatic N) is 2. The third-order valence-electron chi connectivity index (χ3n) is 2.65. The quantitative estimate of drug-likeness (QED) is 0.632. The zero-order chi connectivity index (χ0) is 13.9. The van der Waals surface area contributed by atoms with Crippen molar-refractivity contribution >= 4 is 11.6 Å². The molecule has 0 aliphatic rings. The number of hydrogen-bond acceptors (Lipinski definition) is 4. The van der Waals surface area contributed by atoms with E-state index < -0.39 is 0 Å². The summed E-state index contributed by atoms with van der Waals surface area (Å²) in [6.07, 6.45) is 0.683. The Hall–Kier alpha value is -0.620. The predicted octanol–water partition coefficient (Wildman–Crippen LogP) is 1.57. The predicted molar refractivity (Wildman–Crippen MR) is 73.5 cm³/mol. The van der Waals surface area contributed by atoms with E-state index in [1.54, 1.807) is 4.68 Å². The van der Waals surface area contributed by atoms with Crippen LogP contribution in [-0.2, 0) is 18.2 Å². The summed E-state index contributed by atoms with van der Waals surface area (Å²) < 4.78 is 7.52. The van der Waals surface area contributed by atoms with Gasteiger partial charge in [-0.2, -0.15) is 5.10 Å². The van der Waals surface area contributed by atoms with Crippen LogP contribution in [0.3, 0.4) is 0 Å². The van der Waals surface area contributed by atoms with Gasteiger partial charge in [0, 0.05) is 13.5 Å². The highest BCUT2D eigenvalue weighted by Gasteiger charge is 2.19. The second kappa shape index (κ2) is 6.02. The van der Waals surface area contributed by atoms with Crippen molar-refractivity contribution in [2.24, 2.45) is 12.9 Å². The molecular weight excluding hydrogens is 252 g/mol. The van der Waals surface area contributed by atoms with Crippen molar-refractivity contribution < 1.29 is 4.74 Å². The molecule has 0 spiro atoms. The van der Waals surface area contributed by atoms with Crippen LogP contribution < -0.4 is 11.3 Å². The lowest BCUT2D eigenvalue weighted by Crippen LogP contribution is -2.42. The first kappa shape index (κ1) is 15.4. The minimum Gasteiger partial charge on any atom is -0.374 e. The number of hydrazine groups is 1. The molecule has 0 saturated heterocycles. The molecule has 6 heteroatoms. The summed E-state index contributed by atoms with van der Waals surface area (Å²) in [5, 5.41) is 4.98. The average Bonchev–Trinajstić information content (AvgIpc) is 2.48. The van der Waals surface area contributed by atoms with Crippen molar-refractivity contribution in [2.75, 3.05) is 6.61 Å². The molecular formula is C12H23ClN4O. The molecule has 0 aromatic carbocycles. The van der Waals surface area contributed by atoms with Gasteiger partial charge in [0.25, 0.3) is 0 Å². The maximum Gasteiger partial charge on any atom is 0.0847 e. The van der Waals surface area contributed by atoms with Gasteiger partial charge in [-0.05, 0) is 27.7 Å². The van der Waals surface area contributed by atoms with Gasteiger partial charge in [0.2, 0.25) is 0 Å². The van der Waals surface area contributed by atoms with Gasteiger partial charge in [0.05, 0.1) is 34.7 Å². The summed E-state index contributed by atoms with van der Waals surface area (Å²) in [6, 6.07) is 0.0107. The number of nitrogens with two attached hydrogens (primary N) is 1. The molecule has 1 aromatic heterocycles. The summed E-state index contributed by atoms with van der Waals surface area (Å²) in [5.74, 6) is 5.55. The Morgan fingerprint density at radius 2 is 2.11 bits per heavy atom. The number of rotatable bonds is 5. The van der Waals surface area contributed by atoms with Crippen LogP contribution in [0.25, 0.3) is 0 Å². The lowest BCUT2D eigenvalue weighted by molar-refractivity contribution is -0.0145. The first-order valence-corrected chi connectivity index (χ1v) is 6.40. The second-order valence-electron chi connectivity index (χ2n) is 5.46. The van der Waals surface area contributed by atoms with Crippen molar-refractivity contribution in [3.63, 3.8) is 0 Å². The van der Waals surface area contributed by atoms with Crippen LogP contribution in [0.5, 0.6) is 0 Å². The fraction of sp³-hybridized carbons (Fsp3) is 0.750.